The third-order valence-electron chi connectivity index (χ3n) is 4.04. The topological polar surface area (TPSA) is 66.4 Å². The maximum atomic E-state index is 12.2. The van der Waals surface area contributed by atoms with Gasteiger partial charge in [-0.15, -0.1) is 0 Å². The molecule has 0 amide bonds. The van der Waals surface area contributed by atoms with Gasteiger partial charge in [-0.05, 0) is 42.8 Å². The Balaban J connectivity index is 1.71. The SMILES string of the molecule is COc1cc(/C=C2\N=C(c3cccc(C)c3)OC2=O)cc2c1OCCO2. The second-order valence-electron chi connectivity index (χ2n) is 5.95. The van der Waals surface area contributed by atoms with Crippen molar-refractivity contribution < 1.29 is 23.7 Å². The van der Waals surface area contributed by atoms with Gasteiger partial charge in [0.15, 0.2) is 17.2 Å². The summed E-state index contributed by atoms with van der Waals surface area (Å²) in [6.45, 7) is 2.91. The van der Waals surface area contributed by atoms with Crippen molar-refractivity contribution in [1.82, 2.24) is 0 Å². The highest BCUT2D eigenvalue weighted by Gasteiger charge is 2.25. The minimum atomic E-state index is -0.490. The zero-order valence-electron chi connectivity index (χ0n) is 14.4. The number of fused-ring (bicyclic) bond motifs is 1. The molecule has 0 spiro atoms. The first-order valence-electron chi connectivity index (χ1n) is 8.21. The maximum Gasteiger partial charge on any atom is 0.363 e. The van der Waals surface area contributed by atoms with E-state index in [1.165, 1.54) is 0 Å². The number of rotatable bonds is 3. The van der Waals surface area contributed by atoms with Crippen molar-refractivity contribution in [2.75, 3.05) is 20.3 Å². The minimum Gasteiger partial charge on any atom is -0.493 e. The molecule has 0 unspecified atom stereocenters. The van der Waals surface area contributed by atoms with Crippen LogP contribution in [0.3, 0.4) is 0 Å². The molecule has 2 aliphatic rings. The summed E-state index contributed by atoms with van der Waals surface area (Å²) in [6, 6.07) is 11.2. The molecule has 0 saturated carbocycles. The van der Waals surface area contributed by atoms with Gasteiger partial charge in [0.1, 0.15) is 13.2 Å². The largest absolute Gasteiger partial charge is 0.493 e. The Labute approximate surface area is 150 Å². The fourth-order valence-electron chi connectivity index (χ4n) is 2.85. The molecule has 132 valence electrons. The quantitative estimate of drug-likeness (QED) is 0.628. The third kappa shape index (κ3) is 3.01. The van der Waals surface area contributed by atoms with Crippen molar-refractivity contribution in [3.63, 3.8) is 0 Å². The molecule has 4 rings (SSSR count). The zero-order valence-corrected chi connectivity index (χ0v) is 14.4. The van der Waals surface area contributed by atoms with Gasteiger partial charge >= 0.3 is 5.97 Å². The van der Waals surface area contributed by atoms with Crippen LogP contribution < -0.4 is 14.2 Å². The Bertz CT molecular complexity index is 928. The predicted molar refractivity (Wildman–Crippen MR) is 95.8 cm³/mol. The van der Waals surface area contributed by atoms with Crippen LogP contribution in [0.15, 0.2) is 47.1 Å². The maximum absolute atomic E-state index is 12.2. The van der Waals surface area contributed by atoms with Crippen molar-refractivity contribution in [2.24, 2.45) is 4.99 Å². The Hall–Kier alpha value is -3.28. The highest BCUT2D eigenvalue weighted by molar-refractivity contribution is 6.12. The average Bonchev–Trinajstić information content (AvgIpc) is 3.01. The van der Waals surface area contributed by atoms with E-state index in [9.17, 15) is 4.79 Å². The Morgan fingerprint density at radius 2 is 2.00 bits per heavy atom. The summed E-state index contributed by atoms with van der Waals surface area (Å²) in [5.41, 5.74) is 2.77. The number of ether oxygens (including phenoxy) is 4. The molecule has 0 bridgehead atoms. The number of methoxy groups -OCH3 is 1. The average molecular weight is 351 g/mol. The monoisotopic (exact) mass is 351 g/mol. The highest BCUT2D eigenvalue weighted by Crippen LogP contribution is 2.41. The van der Waals surface area contributed by atoms with Crippen molar-refractivity contribution in [3.05, 3.63) is 58.8 Å². The number of hydrogen-bond acceptors (Lipinski definition) is 6. The lowest BCUT2D eigenvalue weighted by molar-refractivity contribution is -0.129. The second kappa shape index (κ2) is 6.55. The van der Waals surface area contributed by atoms with Crippen LogP contribution in [-0.2, 0) is 9.53 Å². The van der Waals surface area contributed by atoms with Crippen LogP contribution in [-0.4, -0.2) is 32.2 Å². The molecule has 0 fully saturated rings. The number of aliphatic imine (C=N–C) groups is 1. The summed E-state index contributed by atoms with van der Waals surface area (Å²) in [4.78, 5) is 16.5. The van der Waals surface area contributed by atoms with Crippen molar-refractivity contribution in [2.45, 2.75) is 6.92 Å². The smallest absolute Gasteiger partial charge is 0.363 e. The van der Waals surface area contributed by atoms with Gasteiger partial charge in [0.2, 0.25) is 11.6 Å². The molecular weight excluding hydrogens is 334 g/mol. The van der Waals surface area contributed by atoms with E-state index in [0.717, 1.165) is 11.1 Å². The Morgan fingerprint density at radius 3 is 2.81 bits per heavy atom. The van der Waals surface area contributed by atoms with E-state index in [1.807, 2.05) is 31.2 Å². The van der Waals surface area contributed by atoms with Gasteiger partial charge in [-0.2, -0.15) is 0 Å². The predicted octanol–water partition coefficient (Wildman–Crippen LogP) is 3.12. The van der Waals surface area contributed by atoms with E-state index in [2.05, 4.69) is 4.99 Å². The standard InChI is InChI=1S/C20H17NO5/c1-12-4-3-5-14(8-12)19-21-15(20(22)26-19)9-13-10-16(23-2)18-17(11-13)24-6-7-25-18/h3-5,8-11H,6-7H2,1-2H3/b15-9-. The summed E-state index contributed by atoms with van der Waals surface area (Å²) in [5, 5.41) is 0. The van der Waals surface area contributed by atoms with Crippen LogP contribution in [0.5, 0.6) is 17.2 Å². The van der Waals surface area contributed by atoms with Gasteiger partial charge in [0, 0.05) is 5.56 Å². The van der Waals surface area contributed by atoms with Crippen LogP contribution in [0.1, 0.15) is 16.7 Å². The van der Waals surface area contributed by atoms with Crippen LogP contribution in [0.4, 0.5) is 0 Å². The van der Waals surface area contributed by atoms with Crippen molar-refractivity contribution in [3.8, 4) is 17.2 Å². The van der Waals surface area contributed by atoms with Crippen LogP contribution >= 0.6 is 0 Å². The van der Waals surface area contributed by atoms with Crippen molar-refractivity contribution in [1.29, 1.82) is 0 Å². The molecular formula is C20H17NO5. The fraction of sp³-hybridized carbons (Fsp3) is 0.200. The van der Waals surface area contributed by atoms with E-state index in [4.69, 9.17) is 18.9 Å². The molecule has 6 heteroatoms. The molecule has 0 N–H and O–H groups in total. The molecule has 0 saturated heterocycles. The van der Waals surface area contributed by atoms with Crippen LogP contribution in [0.25, 0.3) is 6.08 Å². The van der Waals surface area contributed by atoms with Gasteiger partial charge in [0.05, 0.1) is 7.11 Å². The molecule has 0 radical (unpaired) electrons. The summed E-state index contributed by atoms with van der Waals surface area (Å²) in [7, 11) is 1.56. The molecule has 0 atom stereocenters. The molecule has 2 aliphatic heterocycles. The van der Waals surface area contributed by atoms with Crippen LogP contribution in [0, 0.1) is 6.92 Å². The normalized spacial score (nSPS) is 17.1. The third-order valence-corrected chi connectivity index (χ3v) is 4.04. The molecule has 6 nitrogen and oxygen atoms in total. The van der Waals surface area contributed by atoms with Crippen LogP contribution in [0.2, 0.25) is 0 Å². The number of carbonyl (C=O) groups excluding carboxylic acids is 1. The first kappa shape index (κ1) is 16.2. The second-order valence-corrected chi connectivity index (χ2v) is 5.95. The van der Waals surface area contributed by atoms with E-state index < -0.39 is 5.97 Å². The lowest BCUT2D eigenvalue weighted by Gasteiger charge is -2.20. The number of carbonyl (C=O) groups is 1. The molecule has 2 aromatic carbocycles. The Kier molecular flexibility index (Phi) is 4.08. The van der Waals surface area contributed by atoms with Gasteiger partial charge in [-0.3, -0.25) is 0 Å². The van der Waals surface area contributed by atoms with Gasteiger partial charge in [-0.25, -0.2) is 9.79 Å². The first-order valence-corrected chi connectivity index (χ1v) is 8.21. The van der Waals surface area contributed by atoms with E-state index >= 15 is 0 Å². The van der Waals surface area contributed by atoms with Gasteiger partial charge in [0.25, 0.3) is 0 Å². The van der Waals surface area contributed by atoms with E-state index in [-0.39, 0.29) is 5.70 Å². The molecule has 0 aliphatic carbocycles. The van der Waals surface area contributed by atoms with Gasteiger partial charge < -0.3 is 18.9 Å². The molecule has 26 heavy (non-hydrogen) atoms. The number of esters is 1. The lowest BCUT2D eigenvalue weighted by Crippen LogP contribution is -2.16. The van der Waals surface area contributed by atoms with E-state index in [1.54, 1.807) is 25.3 Å². The molecule has 2 aromatic rings. The Morgan fingerprint density at radius 1 is 1.15 bits per heavy atom. The highest BCUT2D eigenvalue weighted by atomic mass is 16.6. The first-order chi connectivity index (χ1) is 12.6. The number of nitrogens with zero attached hydrogens (tertiary/aromatic N) is 1. The summed E-state index contributed by atoms with van der Waals surface area (Å²) >= 11 is 0. The summed E-state index contributed by atoms with van der Waals surface area (Å²) in [5.74, 6) is 1.50. The lowest BCUT2D eigenvalue weighted by atomic mass is 10.1. The van der Waals surface area contributed by atoms with Crippen molar-refractivity contribution >= 4 is 17.9 Å². The molecule has 0 aromatic heterocycles. The summed E-state index contributed by atoms with van der Waals surface area (Å²) < 4.78 is 21.9. The zero-order chi connectivity index (χ0) is 18.1. The minimum absolute atomic E-state index is 0.222. The van der Waals surface area contributed by atoms with Gasteiger partial charge in [-0.1, -0.05) is 17.7 Å². The number of benzene rings is 2. The number of cyclic esters (lactones) is 1. The summed E-state index contributed by atoms with van der Waals surface area (Å²) in [6.07, 6.45) is 1.64. The molecule has 2 heterocycles. The number of hydrogen-bond donors (Lipinski definition) is 0. The number of aryl methyl sites for hydroxylation is 1. The fourth-order valence-corrected chi connectivity index (χ4v) is 2.85. The van der Waals surface area contributed by atoms with E-state index in [0.29, 0.717) is 41.9 Å².